The van der Waals surface area contributed by atoms with Gasteiger partial charge in [0.25, 0.3) is 5.91 Å². The molecule has 1 aromatic carbocycles. The van der Waals surface area contributed by atoms with Gasteiger partial charge in [0.2, 0.25) is 5.91 Å². The number of hydrogen-bond acceptors (Lipinski definition) is 4. The number of benzene rings is 1. The van der Waals surface area contributed by atoms with Crippen LogP contribution in [0.1, 0.15) is 50.0 Å². The van der Waals surface area contributed by atoms with Crippen LogP contribution in [-0.2, 0) is 11.0 Å². The molecule has 0 aliphatic rings. The van der Waals surface area contributed by atoms with Crippen LogP contribution in [0.4, 0.5) is 13.2 Å². The largest absolute Gasteiger partial charge is 0.475 e. The number of rotatable bonds is 7. The number of halogens is 3. The second-order valence-corrected chi connectivity index (χ2v) is 7.25. The smallest absolute Gasteiger partial charge is 0.426 e. The molecule has 4 N–H and O–H groups in total. The number of alkyl halides is 3. The van der Waals surface area contributed by atoms with Gasteiger partial charge in [-0.15, -0.1) is 0 Å². The van der Waals surface area contributed by atoms with Crippen molar-refractivity contribution >= 4 is 18.9 Å². The van der Waals surface area contributed by atoms with Gasteiger partial charge in [-0.2, -0.15) is 13.2 Å². The van der Waals surface area contributed by atoms with Gasteiger partial charge in [0.1, 0.15) is 5.54 Å². The van der Waals surface area contributed by atoms with Crippen LogP contribution < -0.4 is 10.6 Å². The Morgan fingerprint density at radius 1 is 1.15 bits per heavy atom. The molecule has 0 radical (unpaired) electrons. The van der Waals surface area contributed by atoms with E-state index in [1.54, 1.807) is 0 Å². The standard InChI is InChI=1S/C17H24BF3N2O4/c1-10(2)9-13(18(26)27)22-15(25)16(3,4)23-14(24)11-7-5-6-8-12(11)17(19,20)21/h5-8,10,13,26-27H,9H2,1-4H3,(H,22,25)(H,23,24). The van der Waals surface area contributed by atoms with Crippen LogP contribution in [-0.4, -0.2) is 40.5 Å². The summed E-state index contributed by atoms with van der Waals surface area (Å²) in [5.41, 5.74) is -3.30. The van der Waals surface area contributed by atoms with Crippen LogP contribution in [0.25, 0.3) is 0 Å². The summed E-state index contributed by atoms with van der Waals surface area (Å²) in [6.07, 6.45) is -4.45. The lowest BCUT2D eigenvalue weighted by Gasteiger charge is -2.29. The second-order valence-electron chi connectivity index (χ2n) is 7.25. The number of carbonyl (C=O) groups is 2. The molecular formula is C17H24BF3N2O4. The lowest BCUT2D eigenvalue weighted by atomic mass is 9.74. The summed E-state index contributed by atoms with van der Waals surface area (Å²) in [4.78, 5) is 24.8. The molecule has 0 aliphatic carbocycles. The predicted molar refractivity (Wildman–Crippen MR) is 94.6 cm³/mol. The summed E-state index contributed by atoms with van der Waals surface area (Å²) in [5.74, 6) is -2.74. The molecule has 0 heterocycles. The van der Waals surface area contributed by atoms with Crippen molar-refractivity contribution < 1.29 is 32.8 Å². The summed E-state index contributed by atoms with van der Waals surface area (Å²) in [6, 6.07) is 4.25. The molecule has 0 aliphatic heterocycles. The van der Waals surface area contributed by atoms with E-state index in [9.17, 15) is 32.8 Å². The molecule has 0 aromatic heterocycles. The SMILES string of the molecule is CC(C)CC(NC(=O)C(C)(C)NC(=O)c1ccccc1C(F)(F)F)B(O)O. The molecule has 1 rings (SSSR count). The number of nitrogens with one attached hydrogen (secondary N) is 2. The Balaban J connectivity index is 2.97. The first-order valence-electron chi connectivity index (χ1n) is 8.41. The van der Waals surface area contributed by atoms with Crippen LogP contribution in [0.5, 0.6) is 0 Å². The van der Waals surface area contributed by atoms with Gasteiger partial charge in [-0.25, -0.2) is 0 Å². The topological polar surface area (TPSA) is 98.7 Å². The van der Waals surface area contributed by atoms with Crippen LogP contribution in [0.3, 0.4) is 0 Å². The fourth-order valence-electron chi connectivity index (χ4n) is 2.45. The molecule has 10 heteroatoms. The molecule has 150 valence electrons. The van der Waals surface area contributed by atoms with Crippen LogP contribution in [0.15, 0.2) is 24.3 Å². The number of carbonyl (C=O) groups excluding carboxylic acids is 2. The molecule has 0 bridgehead atoms. The molecular weight excluding hydrogens is 364 g/mol. The molecule has 6 nitrogen and oxygen atoms in total. The minimum Gasteiger partial charge on any atom is -0.426 e. The van der Waals surface area contributed by atoms with Crippen molar-refractivity contribution in [1.29, 1.82) is 0 Å². The Kier molecular flexibility index (Phi) is 7.44. The fraction of sp³-hybridized carbons (Fsp3) is 0.529. The molecule has 0 spiro atoms. The maximum Gasteiger partial charge on any atom is 0.475 e. The monoisotopic (exact) mass is 388 g/mol. The average Bonchev–Trinajstić information content (AvgIpc) is 2.52. The molecule has 1 aromatic rings. The first-order chi connectivity index (χ1) is 12.3. The van der Waals surface area contributed by atoms with Gasteiger partial charge >= 0.3 is 13.3 Å². The quantitative estimate of drug-likeness (QED) is 0.535. The highest BCUT2D eigenvalue weighted by atomic mass is 19.4. The number of amides is 2. The summed E-state index contributed by atoms with van der Waals surface area (Å²) in [6.45, 7) is 6.27. The highest BCUT2D eigenvalue weighted by Crippen LogP contribution is 2.32. The highest BCUT2D eigenvalue weighted by Gasteiger charge is 2.38. The van der Waals surface area contributed by atoms with E-state index in [0.717, 1.165) is 18.2 Å². The Labute approximate surface area is 156 Å². The molecule has 0 saturated carbocycles. The van der Waals surface area contributed by atoms with Crippen LogP contribution >= 0.6 is 0 Å². The van der Waals surface area contributed by atoms with E-state index >= 15 is 0 Å². The molecule has 1 unspecified atom stereocenters. The van der Waals surface area contributed by atoms with Crippen LogP contribution in [0.2, 0.25) is 0 Å². The van der Waals surface area contributed by atoms with E-state index in [1.165, 1.54) is 19.9 Å². The minimum absolute atomic E-state index is 0.0495. The van der Waals surface area contributed by atoms with Gasteiger partial charge in [-0.3, -0.25) is 9.59 Å². The fourth-order valence-corrected chi connectivity index (χ4v) is 2.45. The summed E-state index contributed by atoms with van der Waals surface area (Å²) < 4.78 is 39.2. The van der Waals surface area contributed by atoms with Gasteiger partial charge < -0.3 is 20.7 Å². The van der Waals surface area contributed by atoms with Crippen molar-refractivity contribution in [1.82, 2.24) is 10.6 Å². The third kappa shape index (κ3) is 6.55. The van der Waals surface area contributed by atoms with Crippen molar-refractivity contribution in [2.45, 2.75) is 51.8 Å². The summed E-state index contributed by atoms with van der Waals surface area (Å²) in [7, 11) is -1.81. The van der Waals surface area contributed by atoms with Gasteiger partial charge in [0.05, 0.1) is 17.1 Å². The summed E-state index contributed by atoms with van der Waals surface area (Å²) >= 11 is 0. The summed E-state index contributed by atoms with van der Waals surface area (Å²) in [5, 5.41) is 23.5. The van der Waals surface area contributed by atoms with E-state index in [-0.39, 0.29) is 12.3 Å². The Bertz CT molecular complexity index is 678. The second kappa shape index (κ2) is 8.75. The molecule has 0 saturated heterocycles. The zero-order valence-electron chi connectivity index (χ0n) is 15.6. The highest BCUT2D eigenvalue weighted by molar-refractivity contribution is 6.43. The van der Waals surface area contributed by atoms with E-state index in [4.69, 9.17) is 0 Å². The van der Waals surface area contributed by atoms with Crippen molar-refractivity contribution in [3.05, 3.63) is 35.4 Å². The van der Waals surface area contributed by atoms with Gasteiger partial charge in [0, 0.05) is 0 Å². The average molecular weight is 388 g/mol. The first kappa shape index (κ1) is 23.0. The van der Waals surface area contributed by atoms with Crippen molar-refractivity contribution in [2.75, 3.05) is 0 Å². The molecule has 27 heavy (non-hydrogen) atoms. The van der Waals surface area contributed by atoms with Gasteiger partial charge in [0.15, 0.2) is 0 Å². The van der Waals surface area contributed by atoms with Crippen molar-refractivity contribution in [3.63, 3.8) is 0 Å². The Hall–Kier alpha value is -2.07. The normalized spacial score (nSPS) is 13.3. The molecule has 0 fully saturated rings. The van der Waals surface area contributed by atoms with E-state index in [1.807, 2.05) is 13.8 Å². The van der Waals surface area contributed by atoms with E-state index in [2.05, 4.69) is 10.6 Å². The zero-order valence-corrected chi connectivity index (χ0v) is 15.6. The first-order valence-corrected chi connectivity index (χ1v) is 8.41. The van der Waals surface area contributed by atoms with Gasteiger partial charge in [-0.05, 0) is 38.3 Å². The van der Waals surface area contributed by atoms with Gasteiger partial charge in [-0.1, -0.05) is 26.0 Å². The maximum atomic E-state index is 13.1. The van der Waals surface area contributed by atoms with Crippen molar-refractivity contribution in [2.24, 2.45) is 5.92 Å². The predicted octanol–water partition coefficient (Wildman–Crippen LogP) is 1.76. The maximum absolute atomic E-state index is 13.1. The van der Waals surface area contributed by atoms with E-state index < -0.39 is 47.7 Å². The van der Waals surface area contributed by atoms with Crippen LogP contribution in [0, 0.1) is 5.92 Å². The zero-order chi connectivity index (χ0) is 21.0. The Morgan fingerprint density at radius 3 is 2.19 bits per heavy atom. The number of hydrogen-bond donors (Lipinski definition) is 4. The van der Waals surface area contributed by atoms with E-state index in [0.29, 0.717) is 0 Å². The Morgan fingerprint density at radius 2 is 1.70 bits per heavy atom. The lowest BCUT2D eigenvalue weighted by Crippen LogP contribution is -2.59. The molecule has 2 amide bonds. The lowest BCUT2D eigenvalue weighted by molar-refractivity contribution is -0.137. The molecule has 1 atom stereocenters. The third-order valence-corrected chi connectivity index (χ3v) is 3.87. The third-order valence-electron chi connectivity index (χ3n) is 3.87. The van der Waals surface area contributed by atoms with Crippen molar-refractivity contribution in [3.8, 4) is 0 Å². The minimum atomic E-state index is -4.72.